The van der Waals surface area contributed by atoms with Gasteiger partial charge in [-0.1, -0.05) is 0 Å². The number of rotatable bonds is 2. The van der Waals surface area contributed by atoms with Gasteiger partial charge in [-0.25, -0.2) is 8.42 Å². The number of halogens is 5. The van der Waals surface area contributed by atoms with Crippen LogP contribution in [0, 0.1) is 0 Å². The van der Waals surface area contributed by atoms with Gasteiger partial charge in [0.2, 0.25) is 14.3 Å². The highest BCUT2D eigenvalue weighted by atomic mass is 79.9. The summed E-state index contributed by atoms with van der Waals surface area (Å²) in [5, 5.41) is -1.31. The summed E-state index contributed by atoms with van der Waals surface area (Å²) in [6, 6.07) is 1.09. The molecule has 86 valence electrons. The third kappa shape index (κ3) is 3.33. The molecule has 0 aromatic carbocycles. The molecular formula is C6H3BrClF3O2S2. The summed E-state index contributed by atoms with van der Waals surface area (Å²) in [5.74, 6) is 0. The van der Waals surface area contributed by atoms with Crippen molar-refractivity contribution in [2.45, 2.75) is 11.4 Å². The molecule has 0 saturated heterocycles. The van der Waals surface area contributed by atoms with Crippen molar-refractivity contribution in [1.29, 1.82) is 0 Å². The predicted molar refractivity (Wildman–Crippen MR) is 55.6 cm³/mol. The van der Waals surface area contributed by atoms with E-state index in [4.69, 9.17) is 10.7 Å². The van der Waals surface area contributed by atoms with Crippen LogP contribution in [0.3, 0.4) is 0 Å². The Balaban J connectivity index is 3.26. The Morgan fingerprint density at radius 3 is 2.27 bits per heavy atom. The molecule has 1 aromatic heterocycles. The summed E-state index contributed by atoms with van der Waals surface area (Å²) in [6.07, 6.45) is -4.91. The van der Waals surface area contributed by atoms with E-state index in [0.717, 1.165) is 6.07 Å². The van der Waals surface area contributed by atoms with Gasteiger partial charge in [0, 0.05) is 25.4 Å². The molecule has 0 radical (unpaired) electrons. The number of thiophene rings is 1. The largest absolute Gasteiger partial charge is 0.411 e. The highest BCUT2D eigenvalue weighted by Gasteiger charge is 2.50. The molecule has 0 saturated carbocycles. The highest BCUT2D eigenvalue weighted by Crippen LogP contribution is 2.43. The fraction of sp³-hybridized carbons (Fsp3) is 0.333. The third-order valence-corrected chi connectivity index (χ3v) is 4.95. The first kappa shape index (κ1) is 13.3. The van der Waals surface area contributed by atoms with Gasteiger partial charge < -0.3 is 0 Å². The van der Waals surface area contributed by atoms with Crippen LogP contribution >= 0.6 is 37.9 Å². The summed E-state index contributed by atoms with van der Waals surface area (Å²) in [5.41, 5.74) is 0. The van der Waals surface area contributed by atoms with Crippen molar-refractivity contribution in [3.05, 3.63) is 20.8 Å². The Kier molecular flexibility index (Phi) is 3.74. The summed E-state index contributed by atoms with van der Waals surface area (Å²) >= 11 is 3.62. The van der Waals surface area contributed by atoms with Crippen LogP contribution in [0.1, 0.15) is 10.1 Å². The predicted octanol–water partition coefficient (Wildman–Crippen LogP) is 3.68. The molecule has 0 fully saturated rings. The molecule has 1 heterocycles. The molecule has 1 aromatic rings. The molecule has 0 bridgehead atoms. The molecule has 15 heavy (non-hydrogen) atoms. The number of hydrogen-bond donors (Lipinski definition) is 0. The minimum Gasteiger partial charge on any atom is -0.211 e. The van der Waals surface area contributed by atoms with E-state index in [0.29, 0.717) is 15.8 Å². The van der Waals surface area contributed by atoms with Crippen molar-refractivity contribution < 1.29 is 21.6 Å². The van der Waals surface area contributed by atoms with Crippen molar-refractivity contribution in [3.8, 4) is 0 Å². The van der Waals surface area contributed by atoms with E-state index in [2.05, 4.69) is 15.9 Å². The standard InChI is InChI=1S/C6H3BrClF3O2S2/c7-3-1-4(14-2-3)5(6(9,10)11)15(8,12)13/h1-2,5H. The van der Waals surface area contributed by atoms with Crippen molar-refractivity contribution >= 4 is 47.0 Å². The van der Waals surface area contributed by atoms with Gasteiger partial charge in [-0.2, -0.15) is 13.2 Å². The van der Waals surface area contributed by atoms with Crippen LogP contribution in [0.5, 0.6) is 0 Å². The molecule has 0 spiro atoms. The smallest absolute Gasteiger partial charge is 0.211 e. The van der Waals surface area contributed by atoms with E-state index < -0.39 is 20.5 Å². The van der Waals surface area contributed by atoms with E-state index in [-0.39, 0.29) is 4.88 Å². The van der Waals surface area contributed by atoms with E-state index in [1.165, 1.54) is 5.38 Å². The second-order valence-corrected chi connectivity index (χ2v) is 7.14. The van der Waals surface area contributed by atoms with Crippen LogP contribution in [0.4, 0.5) is 13.2 Å². The van der Waals surface area contributed by atoms with Gasteiger partial charge in [0.15, 0.2) is 0 Å². The first-order chi connectivity index (χ1) is 6.62. The van der Waals surface area contributed by atoms with Gasteiger partial charge in [0.25, 0.3) is 0 Å². The molecular weight excluding hydrogens is 341 g/mol. The molecule has 2 nitrogen and oxygen atoms in total. The molecule has 0 aliphatic heterocycles. The number of alkyl halides is 3. The van der Waals surface area contributed by atoms with Crippen LogP contribution in [0.25, 0.3) is 0 Å². The molecule has 1 rings (SSSR count). The third-order valence-electron chi connectivity index (χ3n) is 1.42. The topological polar surface area (TPSA) is 34.1 Å². The highest BCUT2D eigenvalue weighted by molar-refractivity contribution is 9.10. The molecule has 9 heteroatoms. The average molecular weight is 344 g/mol. The average Bonchev–Trinajstić information content (AvgIpc) is 2.28. The van der Waals surface area contributed by atoms with Crippen LogP contribution in [-0.2, 0) is 9.05 Å². The second-order valence-electron chi connectivity index (χ2n) is 2.56. The summed E-state index contributed by atoms with van der Waals surface area (Å²) in [7, 11) is 0.0457. The van der Waals surface area contributed by atoms with Gasteiger partial charge in [0.05, 0.1) is 0 Å². The Morgan fingerprint density at radius 1 is 1.47 bits per heavy atom. The summed E-state index contributed by atoms with van der Waals surface area (Å²) < 4.78 is 59.4. The van der Waals surface area contributed by atoms with E-state index in [1.807, 2.05) is 0 Å². The van der Waals surface area contributed by atoms with Gasteiger partial charge in [-0.3, -0.25) is 0 Å². The minimum atomic E-state index is -4.91. The van der Waals surface area contributed by atoms with Gasteiger partial charge in [-0.05, 0) is 22.0 Å². The quantitative estimate of drug-likeness (QED) is 0.768. The lowest BCUT2D eigenvalue weighted by Crippen LogP contribution is -2.24. The van der Waals surface area contributed by atoms with Gasteiger partial charge in [-0.15, -0.1) is 11.3 Å². The van der Waals surface area contributed by atoms with Crippen molar-refractivity contribution in [1.82, 2.24) is 0 Å². The zero-order chi connectivity index (χ0) is 11.9. The monoisotopic (exact) mass is 342 g/mol. The maximum atomic E-state index is 12.4. The fourth-order valence-corrected chi connectivity index (χ4v) is 4.33. The molecule has 1 unspecified atom stereocenters. The van der Waals surface area contributed by atoms with Crippen LogP contribution in [0.15, 0.2) is 15.9 Å². The minimum absolute atomic E-state index is 0.357. The van der Waals surface area contributed by atoms with Gasteiger partial charge in [0.1, 0.15) is 0 Å². The van der Waals surface area contributed by atoms with Crippen LogP contribution in [-0.4, -0.2) is 14.6 Å². The maximum absolute atomic E-state index is 12.4. The van der Waals surface area contributed by atoms with Crippen LogP contribution < -0.4 is 0 Å². The Bertz CT molecular complexity index is 453. The second kappa shape index (κ2) is 4.23. The lowest BCUT2D eigenvalue weighted by molar-refractivity contribution is -0.130. The van der Waals surface area contributed by atoms with E-state index in [9.17, 15) is 21.6 Å². The lowest BCUT2D eigenvalue weighted by atomic mass is 10.3. The zero-order valence-electron chi connectivity index (χ0n) is 6.75. The van der Waals surface area contributed by atoms with Crippen molar-refractivity contribution in [2.24, 2.45) is 0 Å². The maximum Gasteiger partial charge on any atom is 0.411 e. The first-order valence-corrected chi connectivity index (χ1v) is 7.41. The number of hydrogen-bond acceptors (Lipinski definition) is 3. The first-order valence-electron chi connectivity index (χ1n) is 3.36. The Hall–Kier alpha value is 0.210. The van der Waals surface area contributed by atoms with Gasteiger partial charge >= 0.3 is 6.18 Å². The summed E-state index contributed by atoms with van der Waals surface area (Å²) in [4.78, 5) is -0.357. The zero-order valence-corrected chi connectivity index (χ0v) is 10.7. The molecule has 0 N–H and O–H groups in total. The van der Waals surface area contributed by atoms with E-state index >= 15 is 0 Å². The van der Waals surface area contributed by atoms with Crippen molar-refractivity contribution in [2.75, 3.05) is 0 Å². The molecule has 1 atom stereocenters. The molecule has 0 aliphatic carbocycles. The van der Waals surface area contributed by atoms with E-state index in [1.54, 1.807) is 0 Å². The Morgan fingerprint density at radius 2 is 2.00 bits per heavy atom. The lowest BCUT2D eigenvalue weighted by Gasteiger charge is -2.15. The molecule has 0 amide bonds. The molecule has 0 aliphatic rings. The summed E-state index contributed by atoms with van der Waals surface area (Å²) in [6.45, 7) is 0. The Labute approximate surface area is 101 Å². The fourth-order valence-electron chi connectivity index (χ4n) is 0.925. The van der Waals surface area contributed by atoms with Crippen LogP contribution in [0.2, 0.25) is 0 Å². The van der Waals surface area contributed by atoms with Crippen molar-refractivity contribution in [3.63, 3.8) is 0 Å². The SMILES string of the molecule is O=S(=O)(Cl)C(c1cc(Br)cs1)C(F)(F)F. The normalized spacial score (nSPS) is 15.3.